The fraction of sp³-hybridized carbons (Fsp3) is 0.600. The molecule has 0 bridgehead atoms. The van der Waals surface area contributed by atoms with E-state index >= 15 is 0 Å². The molecule has 1 saturated heterocycles. The normalized spacial score (nSPS) is 19.5. The summed E-state index contributed by atoms with van der Waals surface area (Å²) < 4.78 is 40.3. The van der Waals surface area contributed by atoms with Crippen LogP contribution in [0.2, 0.25) is 0 Å². The molecule has 1 N–H and O–H groups in total. The van der Waals surface area contributed by atoms with Crippen LogP contribution in [0.15, 0.2) is 24.3 Å². The van der Waals surface area contributed by atoms with Gasteiger partial charge in [-0.15, -0.1) is 13.2 Å². The standard InChI is InChI=1S/C15H21F3N2O/c1-11(20-9-7-13(19-2)8-10-20)12-3-5-14(6-4-12)21-15(16,17)18/h3-6,11,13,19H,7-10H2,1-2H3. The number of nitrogens with one attached hydrogen (secondary N) is 1. The summed E-state index contributed by atoms with van der Waals surface area (Å²) >= 11 is 0. The Labute approximate surface area is 123 Å². The van der Waals surface area contributed by atoms with Gasteiger partial charge in [-0.3, -0.25) is 4.90 Å². The van der Waals surface area contributed by atoms with E-state index < -0.39 is 6.36 Å². The van der Waals surface area contributed by atoms with E-state index in [9.17, 15) is 13.2 Å². The smallest absolute Gasteiger partial charge is 0.406 e. The van der Waals surface area contributed by atoms with Crippen LogP contribution in [-0.2, 0) is 0 Å². The lowest BCUT2D eigenvalue weighted by atomic mass is 10.0. The average Bonchev–Trinajstić information content (AvgIpc) is 2.46. The van der Waals surface area contributed by atoms with Gasteiger partial charge in [-0.2, -0.15) is 0 Å². The van der Waals surface area contributed by atoms with Gasteiger partial charge in [0.2, 0.25) is 0 Å². The van der Waals surface area contributed by atoms with Gasteiger partial charge in [-0.05, 0) is 44.5 Å². The molecule has 6 heteroatoms. The molecule has 0 radical (unpaired) electrons. The highest BCUT2D eigenvalue weighted by Gasteiger charge is 2.31. The van der Waals surface area contributed by atoms with Crippen molar-refractivity contribution in [2.24, 2.45) is 0 Å². The maximum absolute atomic E-state index is 12.1. The molecule has 0 saturated carbocycles. The van der Waals surface area contributed by atoms with E-state index in [4.69, 9.17) is 0 Å². The fourth-order valence-corrected chi connectivity index (χ4v) is 2.73. The van der Waals surface area contributed by atoms with E-state index in [2.05, 4.69) is 21.9 Å². The number of hydrogen-bond donors (Lipinski definition) is 1. The van der Waals surface area contributed by atoms with Crippen LogP contribution in [0.1, 0.15) is 31.4 Å². The largest absolute Gasteiger partial charge is 0.573 e. The summed E-state index contributed by atoms with van der Waals surface area (Å²) in [6.45, 7) is 4.07. The van der Waals surface area contributed by atoms with E-state index in [0.29, 0.717) is 6.04 Å². The van der Waals surface area contributed by atoms with E-state index in [0.717, 1.165) is 31.5 Å². The second kappa shape index (κ2) is 6.66. The van der Waals surface area contributed by atoms with E-state index in [1.54, 1.807) is 12.1 Å². The SMILES string of the molecule is CNC1CCN(C(C)c2ccc(OC(F)(F)F)cc2)CC1. The molecule has 21 heavy (non-hydrogen) atoms. The minimum absolute atomic E-state index is 0.174. The summed E-state index contributed by atoms with van der Waals surface area (Å²) in [4.78, 5) is 2.35. The van der Waals surface area contributed by atoms with Gasteiger partial charge >= 0.3 is 6.36 Å². The number of alkyl halides is 3. The molecule has 0 aromatic heterocycles. The van der Waals surface area contributed by atoms with Crippen molar-refractivity contribution in [3.63, 3.8) is 0 Å². The second-order valence-electron chi connectivity index (χ2n) is 5.39. The van der Waals surface area contributed by atoms with Crippen LogP contribution in [0, 0.1) is 0 Å². The van der Waals surface area contributed by atoms with Crippen LogP contribution < -0.4 is 10.1 Å². The topological polar surface area (TPSA) is 24.5 Å². The number of nitrogens with zero attached hydrogens (tertiary/aromatic N) is 1. The van der Waals surface area contributed by atoms with Gasteiger partial charge in [0.1, 0.15) is 5.75 Å². The third-order valence-electron chi connectivity index (χ3n) is 4.08. The van der Waals surface area contributed by atoms with Gasteiger partial charge < -0.3 is 10.1 Å². The number of halogens is 3. The first-order chi connectivity index (χ1) is 9.89. The van der Waals surface area contributed by atoms with Gasteiger partial charge in [0, 0.05) is 25.2 Å². The molecule has 0 amide bonds. The van der Waals surface area contributed by atoms with E-state index in [1.165, 1.54) is 12.1 Å². The van der Waals surface area contributed by atoms with E-state index in [1.807, 2.05) is 7.05 Å². The predicted molar refractivity (Wildman–Crippen MR) is 75.2 cm³/mol. The first-order valence-corrected chi connectivity index (χ1v) is 7.16. The number of hydrogen-bond acceptors (Lipinski definition) is 3. The van der Waals surface area contributed by atoms with Gasteiger partial charge in [0.25, 0.3) is 0 Å². The highest BCUT2D eigenvalue weighted by Crippen LogP contribution is 2.28. The van der Waals surface area contributed by atoms with Crippen molar-refractivity contribution in [1.29, 1.82) is 0 Å². The summed E-state index contributed by atoms with van der Waals surface area (Å²) in [5, 5.41) is 3.28. The Hall–Kier alpha value is -1.27. The second-order valence-corrected chi connectivity index (χ2v) is 5.39. The Morgan fingerprint density at radius 2 is 1.76 bits per heavy atom. The molecular formula is C15H21F3N2O. The third-order valence-corrected chi connectivity index (χ3v) is 4.08. The zero-order valence-corrected chi connectivity index (χ0v) is 12.3. The van der Waals surface area contributed by atoms with Crippen molar-refractivity contribution < 1.29 is 17.9 Å². The molecule has 1 heterocycles. The maximum Gasteiger partial charge on any atom is 0.573 e. The average molecular weight is 302 g/mol. The van der Waals surface area contributed by atoms with Gasteiger partial charge in [-0.1, -0.05) is 12.1 Å². The maximum atomic E-state index is 12.1. The summed E-state index contributed by atoms with van der Waals surface area (Å²) in [7, 11) is 1.98. The van der Waals surface area contributed by atoms with Gasteiger partial charge in [0.15, 0.2) is 0 Å². The first kappa shape index (κ1) is 16.1. The lowest BCUT2D eigenvalue weighted by Crippen LogP contribution is -2.42. The van der Waals surface area contributed by atoms with Crippen LogP contribution in [0.4, 0.5) is 13.2 Å². The zero-order valence-electron chi connectivity index (χ0n) is 12.3. The van der Waals surface area contributed by atoms with Crippen molar-refractivity contribution in [1.82, 2.24) is 10.2 Å². The van der Waals surface area contributed by atoms with Gasteiger partial charge in [-0.25, -0.2) is 0 Å². The Balaban J connectivity index is 1.95. The number of rotatable bonds is 4. The minimum atomic E-state index is -4.64. The Bertz CT molecular complexity index is 439. The van der Waals surface area contributed by atoms with Crippen molar-refractivity contribution in [2.45, 2.75) is 38.2 Å². The molecule has 118 valence electrons. The quantitative estimate of drug-likeness (QED) is 0.923. The molecule has 0 spiro atoms. The van der Waals surface area contributed by atoms with Gasteiger partial charge in [0.05, 0.1) is 0 Å². The molecule has 3 nitrogen and oxygen atoms in total. The van der Waals surface area contributed by atoms with Crippen LogP contribution in [0.25, 0.3) is 0 Å². The summed E-state index contributed by atoms with van der Waals surface area (Å²) in [6, 6.07) is 6.92. The monoisotopic (exact) mass is 302 g/mol. The highest BCUT2D eigenvalue weighted by molar-refractivity contribution is 5.29. The number of likely N-dealkylation sites (tertiary alicyclic amines) is 1. The molecule has 2 rings (SSSR count). The van der Waals surface area contributed by atoms with Crippen molar-refractivity contribution >= 4 is 0 Å². The van der Waals surface area contributed by atoms with Crippen molar-refractivity contribution in [3.8, 4) is 5.75 Å². The molecule has 1 atom stereocenters. The summed E-state index contributed by atoms with van der Waals surface area (Å²) in [6.07, 6.45) is -2.45. The molecule has 1 aliphatic rings. The molecule has 1 aromatic rings. The fourth-order valence-electron chi connectivity index (χ4n) is 2.73. The molecular weight excluding hydrogens is 281 g/mol. The number of ether oxygens (including phenoxy) is 1. The third kappa shape index (κ3) is 4.61. The summed E-state index contributed by atoms with van der Waals surface area (Å²) in [5.74, 6) is -0.174. The minimum Gasteiger partial charge on any atom is -0.406 e. The number of piperidine rings is 1. The Morgan fingerprint density at radius 1 is 1.19 bits per heavy atom. The molecule has 1 aromatic carbocycles. The highest BCUT2D eigenvalue weighted by atomic mass is 19.4. The zero-order chi connectivity index (χ0) is 15.5. The lowest BCUT2D eigenvalue weighted by molar-refractivity contribution is -0.274. The molecule has 1 fully saturated rings. The van der Waals surface area contributed by atoms with Crippen LogP contribution in [0.5, 0.6) is 5.75 Å². The van der Waals surface area contributed by atoms with Crippen LogP contribution in [0.3, 0.4) is 0 Å². The Morgan fingerprint density at radius 3 is 2.24 bits per heavy atom. The summed E-state index contributed by atoms with van der Waals surface area (Å²) in [5.41, 5.74) is 1.01. The van der Waals surface area contributed by atoms with Crippen molar-refractivity contribution in [3.05, 3.63) is 29.8 Å². The van der Waals surface area contributed by atoms with E-state index in [-0.39, 0.29) is 11.8 Å². The molecule has 1 aliphatic heterocycles. The predicted octanol–water partition coefficient (Wildman–Crippen LogP) is 3.33. The van der Waals surface area contributed by atoms with Crippen LogP contribution >= 0.6 is 0 Å². The first-order valence-electron chi connectivity index (χ1n) is 7.16. The van der Waals surface area contributed by atoms with Crippen LogP contribution in [-0.4, -0.2) is 37.4 Å². The number of benzene rings is 1. The molecule has 0 aliphatic carbocycles. The molecule has 1 unspecified atom stereocenters. The lowest BCUT2D eigenvalue weighted by Gasteiger charge is -2.36. The Kier molecular flexibility index (Phi) is 5.11. The van der Waals surface area contributed by atoms with Crippen molar-refractivity contribution in [2.75, 3.05) is 20.1 Å².